The van der Waals surface area contributed by atoms with Crippen molar-refractivity contribution in [2.24, 2.45) is 0 Å². The Balaban J connectivity index is 1.93. The third-order valence-electron chi connectivity index (χ3n) is 3.55. The summed E-state index contributed by atoms with van der Waals surface area (Å²) in [4.78, 5) is 12.1. The van der Waals surface area contributed by atoms with Gasteiger partial charge in [0.25, 0.3) is 5.91 Å². The number of hydrogen-bond donors (Lipinski definition) is 1. The first-order chi connectivity index (χ1) is 10.7. The second-order valence-electron chi connectivity index (χ2n) is 5.07. The van der Waals surface area contributed by atoms with E-state index in [-0.39, 0.29) is 5.91 Å². The summed E-state index contributed by atoms with van der Waals surface area (Å²) < 4.78 is 12.8. The van der Waals surface area contributed by atoms with Crippen molar-refractivity contribution < 1.29 is 14.3 Å². The second kappa shape index (κ2) is 7.96. The van der Waals surface area contributed by atoms with Crippen molar-refractivity contribution in [2.45, 2.75) is 33.4 Å². The number of nitrogens with one attached hydrogen (secondary N) is 1. The Morgan fingerprint density at radius 1 is 1.27 bits per heavy atom. The molecule has 0 aliphatic carbocycles. The quantitative estimate of drug-likeness (QED) is 0.763. The van der Waals surface area contributed by atoms with Gasteiger partial charge in [-0.2, -0.15) is 0 Å². The number of rotatable bonds is 8. The predicted molar refractivity (Wildman–Crippen MR) is 88.1 cm³/mol. The second-order valence-corrected chi connectivity index (χ2v) is 5.07. The zero-order chi connectivity index (χ0) is 15.9. The van der Waals surface area contributed by atoms with Crippen molar-refractivity contribution in [1.29, 1.82) is 0 Å². The van der Waals surface area contributed by atoms with E-state index in [1.165, 1.54) is 5.52 Å². The Morgan fingerprint density at radius 3 is 2.82 bits per heavy atom. The van der Waals surface area contributed by atoms with Gasteiger partial charge in [0.05, 0.1) is 13.2 Å². The number of aromatic nitrogens is 1. The van der Waals surface area contributed by atoms with E-state index in [9.17, 15) is 4.79 Å². The zero-order valence-corrected chi connectivity index (χ0v) is 13.5. The molecule has 5 nitrogen and oxygen atoms in total. The summed E-state index contributed by atoms with van der Waals surface area (Å²) in [6, 6.07) is 7.97. The van der Waals surface area contributed by atoms with Crippen LogP contribution in [0.1, 0.15) is 20.8 Å². The highest BCUT2D eigenvalue weighted by Crippen LogP contribution is 2.20. The molecule has 1 N–H and O–H groups in total. The molecule has 0 saturated carbocycles. The van der Waals surface area contributed by atoms with Crippen molar-refractivity contribution in [2.75, 3.05) is 25.1 Å². The molecule has 22 heavy (non-hydrogen) atoms. The van der Waals surface area contributed by atoms with Crippen LogP contribution in [-0.4, -0.2) is 36.4 Å². The first kappa shape index (κ1) is 16.5. The van der Waals surface area contributed by atoms with Gasteiger partial charge in [0.2, 0.25) is 0 Å². The molecule has 0 aliphatic heterocycles. The number of carbonyl (C=O) groups excluding carboxylic acids is 1. The smallest absolute Gasteiger partial charge is 0.253 e. The summed E-state index contributed by atoms with van der Waals surface area (Å²) in [5.41, 5.74) is 1.95. The number of ether oxygens (including phenoxy) is 2. The van der Waals surface area contributed by atoms with E-state index in [4.69, 9.17) is 9.47 Å². The van der Waals surface area contributed by atoms with Crippen molar-refractivity contribution >= 4 is 22.5 Å². The molecule has 2 aromatic rings. The number of anilines is 1. The van der Waals surface area contributed by atoms with Gasteiger partial charge in [0, 0.05) is 35.9 Å². The minimum Gasteiger partial charge on any atom is -0.379 e. The minimum absolute atomic E-state index is 0.147. The minimum atomic E-state index is -0.503. The standard InChI is InChI=1S/C17H24N2O3/c1-4-19-9-8-14-12-15(6-7-16(14)19)18-17(20)13(3)22-11-10-21-5-2/h6-9,12-13H,4-5,10-11H2,1-3H3,(H,18,20). The maximum atomic E-state index is 12.1. The fourth-order valence-electron chi connectivity index (χ4n) is 2.30. The summed E-state index contributed by atoms with van der Waals surface area (Å²) in [7, 11) is 0. The van der Waals surface area contributed by atoms with E-state index < -0.39 is 6.10 Å². The Morgan fingerprint density at radius 2 is 2.09 bits per heavy atom. The molecule has 0 bridgehead atoms. The highest BCUT2D eigenvalue weighted by Gasteiger charge is 2.13. The van der Waals surface area contributed by atoms with Crippen LogP contribution in [0.15, 0.2) is 30.5 Å². The van der Waals surface area contributed by atoms with Gasteiger partial charge in [0.1, 0.15) is 6.10 Å². The molecule has 0 saturated heterocycles. The Hall–Kier alpha value is -1.85. The molecular formula is C17H24N2O3. The molecular weight excluding hydrogens is 280 g/mol. The Kier molecular flexibility index (Phi) is 5.98. The number of nitrogens with zero attached hydrogens (tertiary/aromatic N) is 1. The largest absolute Gasteiger partial charge is 0.379 e. The SMILES string of the molecule is CCOCCOC(C)C(=O)Nc1ccc2c(ccn2CC)c1. The molecule has 1 aromatic carbocycles. The molecule has 0 aliphatic rings. The van der Waals surface area contributed by atoms with E-state index >= 15 is 0 Å². The van der Waals surface area contributed by atoms with Crippen LogP contribution in [0.25, 0.3) is 10.9 Å². The lowest BCUT2D eigenvalue weighted by Gasteiger charge is -2.13. The number of fused-ring (bicyclic) bond motifs is 1. The van der Waals surface area contributed by atoms with E-state index in [0.29, 0.717) is 19.8 Å². The fraction of sp³-hybridized carbons (Fsp3) is 0.471. The van der Waals surface area contributed by atoms with Crippen LogP contribution in [0.3, 0.4) is 0 Å². The van der Waals surface area contributed by atoms with Crippen LogP contribution >= 0.6 is 0 Å². The number of benzene rings is 1. The van der Waals surface area contributed by atoms with Gasteiger partial charge in [0.15, 0.2) is 0 Å². The molecule has 0 spiro atoms. The van der Waals surface area contributed by atoms with Gasteiger partial charge in [-0.15, -0.1) is 0 Å². The molecule has 1 atom stereocenters. The van der Waals surface area contributed by atoms with Gasteiger partial charge >= 0.3 is 0 Å². The van der Waals surface area contributed by atoms with Crippen molar-refractivity contribution in [3.05, 3.63) is 30.5 Å². The number of hydrogen-bond acceptors (Lipinski definition) is 3. The number of aryl methyl sites for hydroxylation is 1. The van der Waals surface area contributed by atoms with Crippen LogP contribution in [0.4, 0.5) is 5.69 Å². The summed E-state index contributed by atoms with van der Waals surface area (Å²) in [5, 5.41) is 4.00. The topological polar surface area (TPSA) is 52.5 Å². The maximum Gasteiger partial charge on any atom is 0.253 e. The molecule has 0 fully saturated rings. The average Bonchev–Trinajstić information content (AvgIpc) is 2.93. The maximum absolute atomic E-state index is 12.1. The van der Waals surface area contributed by atoms with E-state index in [2.05, 4.69) is 29.1 Å². The third-order valence-corrected chi connectivity index (χ3v) is 3.55. The summed E-state index contributed by atoms with van der Waals surface area (Å²) >= 11 is 0. The van der Waals surface area contributed by atoms with Crippen LogP contribution in [0, 0.1) is 0 Å². The summed E-state index contributed by atoms with van der Waals surface area (Å²) in [6.45, 7) is 8.29. The molecule has 1 amide bonds. The lowest BCUT2D eigenvalue weighted by Crippen LogP contribution is -2.28. The Labute approximate surface area is 131 Å². The molecule has 0 radical (unpaired) electrons. The average molecular weight is 304 g/mol. The summed E-state index contributed by atoms with van der Waals surface area (Å²) in [6.07, 6.45) is 1.55. The first-order valence-corrected chi connectivity index (χ1v) is 7.74. The molecule has 1 heterocycles. The molecule has 2 rings (SSSR count). The highest BCUT2D eigenvalue weighted by atomic mass is 16.5. The van der Waals surface area contributed by atoms with E-state index in [1.807, 2.05) is 25.1 Å². The lowest BCUT2D eigenvalue weighted by atomic mass is 10.2. The van der Waals surface area contributed by atoms with Crippen LogP contribution in [0.5, 0.6) is 0 Å². The first-order valence-electron chi connectivity index (χ1n) is 7.74. The monoisotopic (exact) mass is 304 g/mol. The Bertz CT molecular complexity index is 621. The van der Waals surface area contributed by atoms with Gasteiger partial charge in [-0.25, -0.2) is 0 Å². The molecule has 5 heteroatoms. The van der Waals surface area contributed by atoms with Crippen LogP contribution in [0.2, 0.25) is 0 Å². The molecule has 120 valence electrons. The predicted octanol–water partition coefficient (Wildman–Crippen LogP) is 3.04. The molecule has 1 aromatic heterocycles. The zero-order valence-electron chi connectivity index (χ0n) is 13.5. The fourth-order valence-corrected chi connectivity index (χ4v) is 2.30. The molecule has 1 unspecified atom stereocenters. The lowest BCUT2D eigenvalue weighted by molar-refractivity contribution is -0.127. The van der Waals surface area contributed by atoms with Gasteiger partial charge in [-0.05, 0) is 45.0 Å². The van der Waals surface area contributed by atoms with Crippen molar-refractivity contribution in [3.8, 4) is 0 Å². The highest BCUT2D eigenvalue weighted by molar-refractivity contribution is 5.96. The number of amides is 1. The van der Waals surface area contributed by atoms with Crippen LogP contribution < -0.4 is 5.32 Å². The third kappa shape index (κ3) is 4.08. The normalized spacial score (nSPS) is 12.5. The number of carbonyl (C=O) groups is 1. The summed E-state index contributed by atoms with van der Waals surface area (Å²) in [5.74, 6) is -0.147. The van der Waals surface area contributed by atoms with Crippen LogP contribution in [-0.2, 0) is 20.8 Å². The van der Waals surface area contributed by atoms with Gasteiger partial charge in [-0.3, -0.25) is 4.79 Å². The van der Waals surface area contributed by atoms with Crippen molar-refractivity contribution in [3.63, 3.8) is 0 Å². The van der Waals surface area contributed by atoms with Crippen molar-refractivity contribution in [1.82, 2.24) is 4.57 Å². The van der Waals surface area contributed by atoms with E-state index in [0.717, 1.165) is 17.6 Å². The van der Waals surface area contributed by atoms with E-state index in [1.54, 1.807) is 6.92 Å². The van der Waals surface area contributed by atoms with Gasteiger partial charge < -0.3 is 19.4 Å². The van der Waals surface area contributed by atoms with Gasteiger partial charge in [-0.1, -0.05) is 0 Å².